The lowest BCUT2D eigenvalue weighted by molar-refractivity contribution is 0.424. The highest BCUT2D eigenvalue weighted by Crippen LogP contribution is 2.16. The molecule has 0 radical (unpaired) electrons. The molecule has 0 saturated heterocycles. The molecule has 5 nitrogen and oxygen atoms in total. The Bertz CT molecular complexity index is 682. The summed E-state index contributed by atoms with van der Waals surface area (Å²) in [5.41, 5.74) is 2.01. The van der Waals surface area contributed by atoms with Crippen molar-refractivity contribution in [1.82, 2.24) is 19.7 Å². The van der Waals surface area contributed by atoms with E-state index in [4.69, 9.17) is 4.74 Å². The summed E-state index contributed by atoms with van der Waals surface area (Å²) in [7, 11) is 0. The molecule has 2 aromatic heterocycles. The van der Waals surface area contributed by atoms with Crippen LogP contribution >= 0.6 is 15.9 Å². The zero-order valence-electron chi connectivity index (χ0n) is 10.5. The molecule has 0 spiro atoms. The van der Waals surface area contributed by atoms with E-state index in [-0.39, 0.29) is 6.01 Å². The van der Waals surface area contributed by atoms with Gasteiger partial charge < -0.3 is 4.74 Å². The number of pyridine rings is 1. The normalized spacial score (nSPS) is 10.4. The number of aromatic nitrogens is 4. The Labute approximate surface area is 124 Å². The number of hydrogen-bond donors (Lipinski definition) is 0. The fourth-order valence-corrected chi connectivity index (χ4v) is 1.98. The van der Waals surface area contributed by atoms with Crippen LogP contribution < -0.4 is 4.74 Å². The van der Waals surface area contributed by atoms with E-state index in [0.29, 0.717) is 5.88 Å². The van der Waals surface area contributed by atoms with Crippen molar-refractivity contribution in [2.24, 2.45) is 0 Å². The third kappa shape index (κ3) is 2.85. The third-order valence-electron chi connectivity index (χ3n) is 2.64. The second kappa shape index (κ2) is 5.83. The van der Waals surface area contributed by atoms with Crippen LogP contribution in [0.1, 0.15) is 5.56 Å². The first-order chi connectivity index (χ1) is 9.85. The summed E-state index contributed by atoms with van der Waals surface area (Å²) in [6, 6.07) is 13.7. The lowest BCUT2D eigenvalue weighted by atomic mass is 10.3. The number of para-hydroxylation sites is 1. The maximum absolute atomic E-state index is 5.51. The van der Waals surface area contributed by atoms with Crippen molar-refractivity contribution in [2.45, 2.75) is 5.33 Å². The second-order valence-electron chi connectivity index (χ2n) is 4.05. The van der Waals surface area contributed by atoms with Gasteiger partial charge in [0.2, 0.25) is 5.88 Å². The van der Waals surface area contributed by atoms with Gasteiger partial charge in [-0.2, -0.15) is 4.98 Å². The summed E-state index contributed by atoms with van der Waals surface area (Å²) >= 11 is 3.37. The van der Waals surface area contributed by atoms with E-state index in [1.54, 1.807) is 23.3 Å². The summed E-state index contributed by atoms with van der Waals surface area (Å²) in [6.45, 7) is 0. The average Bonchev–Trinajstić information content (AvgIpc) is 2.97. The average molecular weight is 331 g/mol. The number of alkyl halides is 1. The molecule has 0 aliphatic carbocycles. The van der Waals surface area contributed by atoms with Crippen LogP contribution in [0.4, 0.5) is 0 Å². The predicted molar refractivity (Wildman–Crippen MR) is 78.3 cm³/mol. The highest BCUT2D eigenvalue weighted by atomic mass is 79.9. The molecule has 0 N–H and O–H groups in total. The van der Waals surface area contributed by atoms with Crippen molar-refractivity contribution in [2.75, 3.05) is 0 Å². The van der Waals surface area contributed by atoms with Gasteiger partial charge in [-0.3, -0.25) is 0 Å². The maximum Gasteiger partial charge on any atom is 0.342 e. The number of nitrogens with zero attached hydrogens (tertiary/aromatic N) is 4. The van der Waals surface area contributed by atoms with E-state index in [2.05, 4.69) is 31.0 Å². The Morgan fingerprint density at radius 2 is 1.90 bits per heavy atom. The molecule has 3 aromatic rings. The number of hydrogen-bond acceptors (Lipinski definition) is 4. The second-order valence-corrected chi connectivity index (χ2v) is 4.61. The van der Waals surface area contributed by atoms with Gasteiger partial charge in [-0.25, -0.2) is 9.67 Å². The summed E-state index contributed by atoms with van der Waals surface area (Å²) in [6.07, 6.45) is 3.36. The van der Waals surface area contributed by atoms with Crippen LogP contribution in [0.2, 0.25) is 0 Å². The Hall–Kier alpha value is -2.21. The molecule has 3 rings (SSSR count). The fraction of sp³-hybridized carbons (Fsp3) is 0.0714. The van der Waals surface area contributed by atoms with Crippen LogP contribution in [0.15, 0.2) is 55.0 Å². The van der Waals surface area contributed by atoms with Gasteiger partial charge in [-0.1, -0.05) is 40.2 Å². The molecule has 0 saturated carbocycles. The van der Waals surface area contributed by atoms with Crippen molar-refractivity contribution >= 4 is 15.9 Å². The molecule has 0 bridgehead atoms. The highest BCUT2D eigenvalue weighted by Gasteiger charge is 2.05. The quantitative estimate of drug-likeness (QED) is 0.688. The van der Waals surface area contributed by atoms with Gasteiger partial charge in [-0.05, 0) is 17.7 Å². The van der Waals surface area contributed by atoms with Crippen LogP contribution in [0.25, 0.3) is 5.69 Å². The summed E-state index contributed by atoms with van der Waals surface area (Å²) in [5, 5.41) is 5.02. The van der Waals surface area contributed by atoms with Gasteiger partial charge in [0, 0.05) is 17.6 Å². The van der Waals surface area contributed by atoms with Crippen LogP contribution in [0.5, 0.6) is 11.9 Å². The largest absolute Gasteiger partial charge is 0.404 e. The molecular formula is C14H11BrN4O. The molecule has 100 valence electrons. The van der Waals surface area contributed by atoms with Crippen molar-refractivity contribution in [3.8, 4) is 17.6 Å². The Morgan fingerprint density at radius 3 is 2.60 bits per heavy atom. The molecule has 0 unspecified atom stereocenters. The minimum absolute atomic E-state index is 0.271. The van der Waals surface area contributed by atoms with Crippen LogP contribution in [0.3, 0.4) is 0 Å². The standard InChI is InChI=1S/C14H11BrN4O/c15-8-11-6-7-13(16-9-11)20-14-17-10-19(18-14)12-4-2-1-3-5-12/h1-7,9-10H,8H2. The molecule has 6 heteroatoms. The minimum Gasteiger partial charge on any atom is -0.404 e. The van der Waals surface area contributed by atoms with Crippen LogP contribution in [0, 0.1) is 0 Å². The zero-order valence-corrected chi connectivity index (χ0v) is 12.1. The van der Waals surface area contributed by atoms with Crippen molar-refractivity contribution in [3.05, 3.63) is 60.6 Å². The van der Waals surface area contributed by atoms with E-state index in [1.165, 1.54) is 0 Å². The number of benzene rings is 1. The number of ether oxygens (including phenoxy) is 1. The van der Waals surface area contributed by atoms with Gasteiger partial charge in [0.15, 0.2) is 0 Å². The first-order valence-corrected chi connectivity index (χ1v) is 7.13. The molecule has 0 aliphatic heterocycles. The van der Waals surface area contributed by atoms with Gasteiger partial charge in [0.1, 0.15) is 6.33 Å². The van der Waals surface area contributed by atoms with Crippen molar-refractivity contribution in [3.63, 3.8) is 0 Å². The first kappa shape index (κ1) is 12.8. The molecule has 0 atom stereocenters. The Kier molecular flexibility index (Phi) is 3.73. The SMILES string of the molecule is BrCc1ccc(Oc2ncn(-c3ccccc3)n2)nc1. The fourth-order valence-electron chi connectivity index (χ4n) is 1.64. The Balaban J connectivity index is 1.77. The van der Waals surface area contributed by atoms with Crippen LogP contribution in [-0.2, 0) is 5.33 Å². The lowest BCUT2D eigenvalue weighted by Gasteiger charge is -2.01. The molecule has 0 fully saturated rings. The third-order valence-corrected chi connectivity index (χ3v) is 3.29. The molecule has 0 amide bonds. The zero-order chi connectivity index (χ0) is 13.8. The van der Waals surface area contributed by atoms with E-state index >= 15 is 0 Å². The van der Waals surface area contributed by atoms with E-state index in [1.807, 2.05) is 36.4 Å². The summed E-state index contributed by atoms with van der Waals surface area (Å²) < 4.78 is 7.17. The van der Waals surface area contributed by atoms with Gasteiger partial charge >= 0.3 is 6.01 Å². The molecule has 20 heavy (non-hydrogen) atoms. The first-order valence-electron chi connectivity index (χ1n) is 6.01. The Morgan fingerprint density at radius 1 is 1.05 bits per heavy atom. The molecule has 1 aromatic carbocycles. The molecular weight excluding hydrogens is 320 g/mol. The lowest BCUT2D eigenvalue weighted by Crippen LogP contribution is -1.95. The van der Waals surface area contributed by atoms with E-state index in [0.717, 1.165) is 16.6 Å². The van der Waals surface area contributed by atoms with E-state index in [9.17, 15) is 0 Å². The number of halogens is 1. The molecule has 0 aliphatic rings. The highest BCUT2D eigenvalue weighted by molar-refractivity contribution is 9.08. The van der Waals surface area contributed by atoms with Crippen LogP contribution in [-0.4, -0.2) is 19.7 Å². The van der Waals surface area contributed by atoms with Gasteiger partial charge in [-0.15, -0.1) is 5.10 Å². The van der Waals surface area contributed by atoms with Crippen molar-refractivity contribution in [1.29, 1.82) is 0 Å². The van der Waals surface area contributed by atoms with E-state index < -0.39 is 0 Å². The predicted octanol–water partition coefficient (Wildman–Crippen LogP) is 3.35. The number of rotatable bonds is 4. The van der Waals surface area contributed by atoms with Crippen molar-refractivity contribution < 1.29 is 4.74 Å². The summed E-state index contributed by atoms with van der Waals surface area (Å²) in [4.78, 5) is 8.30. The van der Waals surface area contributed by atoms with Gasteiger partial charge in [0.05, 0.1) is 5.69 Å². The van der Waals surface area contributed by atoms with Gasteiger partial charge in [0.25, 0.3) is 0 Å². The topological polar surface area (TPSA) is 52.8 Å². The maximum atomic E-state index is 5.51. The minimum atomic E-state index is 0.271. The summed E-state index contributed by atoms with van der Waals surface area (Å²) in [5.74, 6) is 0.473. The molecule has 2 heterocycles. The monoisotopic (exact) mass is 330 g/mol. The smallest absolute Gasteiger partial charge is 0.342 e.